The van der Waals surface area contributed by atoms with Crippen LogP contribution in [0.5, 0.6) is 0 Å². The number of halogens is 1. The van der Waals surface area contributed by atoms with Crippen molar-refractivity contribution < 1.29 is 13.2 Å². The first-order chi connectivity index (χ1) is 13.6. The molecule has 1 aromatic carbocycles. The summed E-state index contributed by atoms with van der Waals surface area (Å²) in [4.78, 5) is 20.5. The van der Waals surface area contributed by atoms with Gasteiger partial charge in [0, 0.05) is 23.3 Å². The second-order valence-electron chi connectivity index (χ2n) is 6.41. The number of aryl methyl sites for hydroxylation is 2. The van der Waals surface area contributed by atoms with Gasteiger partial charge in [0.15, 0.2) is 0 Å². The third-order valence-corrected chi connectivity index (χ3v) is 5.53. The van der Waals surface area contributed by atoms with Crippen molar-refractivity contribution in [2.45, 2.75) is 31.7 Å². The van der Waals surface area contributed by atoms with Gasteiger partial charge >= 0.3 is 0 Å². The normalized spacial score (nSPS) is 12.4. The predicted octanol–water partition coefficient (Wildman–Crippen LogP) is 2.94. The van der Waals surface area contributed by atoms with Gasteiger partial charge in [-0.25, -0.2) is 23.1 Å². The predicted molar refractivity (Wildman–Crippen MR) is 109 cm³/mol. The topological polar surface area (TPSA) is 119 Å². The third-order valence-electron chi connectivity index (χ3n) is 3.99. The highest BCUT2D eigenvalue weighted by molar-refractivity contribution is 7.92. The zero-order valence-electron chi connectivity index (χ0n) is 15.9. The molecule has 0 aliphatic rings. The van der Waals surface area contributed by atoms with Crippen LogP contribution in [-0.2, 0) is 14.8 Å². The summed E-state index contributed by atoms with van der Waals surface area (Å²) >= 11 is 5.82. The van der Waals surface area contributed by atoms with E-state index in [1.54, 1.807) is 33.0 Å². The van der Waals surface area contributed by atoms with E-state index in [1.807, 2.05) is 0 Å². The molecule has 0 saturated carbocycles. The Balaban J connectivity index is 1.71. The molecule has 152 valence electrons. The first kappa shape index (κ1) is 20.7. The molecular formula is C18H19ClN6O3S. The average molecular weight is 435 g/mol. The lowest BCUT2D eigenvalue weighted by atomic mass is 10.2. The van der Waals surface area contributed by atoms with E-state index < -0.39 is 16.1 Å². The Kier molecular flexibility index (Phi) is 5.85. The smallest absolute Gasteiger partial charge is 0.264 e. The van der Waals surface area contributed by atoms with Crippen molar-refractivity contribution in [3.8, 4) is 0 Å². The Morgan fingerprint density at radius 1 is 1.14 bits per heavy atom. The van der Waals surface area contributed by atoms with E-state index >= 15 is 0 Å². The number of hydrogen-bond acceptors (Lipinski definition) is 6. The number of carbonyl (C=O) groups is 1. The maximum Gasteiger partial charge on any atom is 0.264 e. The molecule has 11 heteroatoms. The van der Waals surface area contributed by atoms with Crippen LogP contribution < -0.4 is 10.0 Å². The zero-order chi connectivity index (χ0) is 21.2. The van der Waals surface area contributed by atoms with E-state index in [4.69, 9.17) is 11.6 Å². The molecule has 3 aromatic rings. The van der Waals surface area contributed by atoms with E-state index in [1.165, 1.54) is 35.1 Å². The molecule has 0 radical (unpaired) electrons. The lowest BCUT2D eigenvalue weighted by Crippen LogP contribution is -2.24. The summed E-state index contributed by atoms with van der Waals surface area (Å²) in [5.74, 6) is -0.311. The summed E-state index contributed by atoms with van der Waals surface area (Å²) in [5.41, 5.74) is 1.75. The SMILES string of the molecule is Cc1cc(C)nc(NS(=O)(=O)c2ccc(NC(=O)C(C)n3cc(Cl)cn3)cc2)n1. The van der Waals surface area contributed by atoms with Gasteiger partial charge in [0.2, 0.25) is 11.9 Å². The number of anilines is 2. The van der Waals surface area contributed by atoms with Crippen molar-refractivity contribution in [3.63, 3.8) is 0 Å². The number of sulfonamides is 1. The second-order valence-corrected chi connectivity index (χ2v) is 8.53. The Hall–Kier alpha value is -2.98. The summed E-state index contributed by atoms with van der Waals surface area (Å²) in [7, 11) is -3.87. The highest BCUT2D eigenvalue weighted by Crippen LogP contribution is 2.18. The number of rotatable bonds is 6. The van der Waals surface area contributed by atoms with Crippen molar-refractivity contribution in [2.24, 2.45) is 0 Å². The minimum Gasteiger partial charge on any atom is -0.324 e. The van der Waals surface area contributed by atoms with Crippen molar-refractivity contribution in [1.82, 2.24) is 19.7 Å². The quantitative estimate of drug-likeness (QED) is 0.615. The molecule has 2 heterocycles. The Morgan fingerprint density at radius 3 is 2.31 bits per heavy atom. The van der Waals surface area contributed by atoms with Crippen molar-refractivity contribution in [3.05, 3.63) is 59.1 Å². The van der Waals surface area contributed by atoms with Gasteiger partial charge in [-0.3, -0.25) is 9.48 Å². The number of carbonyl (C=O) groups excluding carboxylic acids is 1. The highest BCUT2D eigenvalue weighted by atomic mass is 35.5. The van der Waals surface area contributed by atoms with Crippen LogP contribution in [-0.4, -0.2) is 34.1 Å². The molecule has 1 amide bonds. The first-order valence-electron chi connectivity index (χ1n) is 8.60. The summed E-state index contributed by atoms with van der Waals surface area (Å²) in [5, 5.41) is 7.14. The van der Waals surface area contributed by atoms with Crippen molar-refractivity contribution in [1.29, 1.82) is 0 Å². The number of nitrogens with zero attached hydrogens (tertiary/aromatic N) is 4. The van der Waals surface area contributed by atoms with Crippen LogP contribution in [0.15, 0.2) is 47.6 Å². The van der Waals surface area contributed by atoms with Crippen LogP contribution in [0.1, 0.15) is 24.4 Å². The maximum absolute atomic E-state index is 12.6. The number of benzene rings is 1. The minimum absolute atomic E-state index is 0.00610. The van der Waals surface area contributed by atoms with Gasteiger partial charge in [-0.2, -0.15) is 5.10 Å². The van der Waals surface area contributed by atoms with Gasteiger partial charge in [0.25, 0.3) is 10.0 Å². The Morgan fingerprint density at radius 2 is 1.76 bits per heavy atom. The Labute approximate surface area is 173 Å². The molecule has 0 aliphatic heterocycles. The molecular weight excluding hydrogens is 416 g/mol. The van der Waals surface area contributed by atoms with Gasteiger partial charge in [0.1, 0.15) is 6.04 Å². The molecule has 0 aliphatic carbocycles. The second kappa shape index (κ2) is 8.18. The fraction of sp³-hybridized carbons (Fsp3) is 0.222. The molecule has 29 heavy (non-hydrogen) atoms. The molecule has 0 saturated heterocycles. The van der Waals surface area contributed by atoms with Crippen LogP contribution in [0.25, 0.3) is 0 Å². The summed E-state index contributed by atoms with van der Waals surface area (Å²) < 4.78 is 28.9. The highest BCUT2D eigenvalue weighted by Gasteiger charge is 2.18. The molecule has 0 spiro atoms. The fourth-order valence-electron chi connectivity index (χ4n) is 2.56. The van der Waals surface area contributed by atoms with Gasteiger partial charge in [-0.15, -0.1) is 0 Å². The molecule has 3 rings (SSSR count). The standard InChI is InChI=1S/C18H19ClN6O3S/c1-11-8-12(2)22-18(21-11)24-29(27,28)16-6-4-15(5-7-16)23-17(26)13(3)25-10-14(19)9-20-25/h4-10,13H,1-3H3,(H,23,26)(H,21,22,24). The van der Waals surface area contributed by atoms with E-state index in [0.717, 1.165) is 0 Å². The molecule has 2 N–H and O–H groups in total. The van der Waals surface area contributed by atoms with E-state index in [-0.39, 0.29) is 16.8 Å². The van der Waals surface area contributed by atoms with Crippen LogP contribution in [0.4, 0.5) is 11.6 Å². The van der Waals surface area contributed by atoms with E-state index in [9.17, 15) is 13.2 Å². The van der Waals surface area contributed by atoms with Crippen LogP contribution >= 0.6 is 11.6 Å². The third kappa shape index (κ3) is 5.09. The minimum atomic E-state index is -3.87. The van der Waals surface area contributed by atoms with E-state index in [2.05, 4.69) is 25.1 Å². The zero-order valence-corrected chi connectivity index (χ0v) is 17.5. The molecule has 9 nitrogen and oxygen atoms in total. The molecule has 0 bridgehead atoms. The van der Waals surface area contributed by atoms with Crippen LogP contribution in [0.2, 0.25) is 5.02 Å². The largest absolute Gasteiger partial charge is 0.324 e. The van der Waals surface area contributed by atoms with Crippen LogP contribution in [0, 0.1) is 13.8 Å². The molecule has 2 aromatic heterocycles. The van der Waals surface area contributed by atoms with Gasteiger partial charge in [-0.05, 0) is 51.1 Å². The van der Waals surface area contributed by atoms with Gasteiger partial charge in [0.05, 0.1) is 16.1 Å². The number of nitrogens with one attached hydrogen (secondary N) is 2. The first-order valence-corrected chi connectivity index (χ1v) is 10.5. The summed E-state index contributed by atoms with van der Waals surface area (Å²) in [6.45, 7) is 5.18. The number of amides is 1. The molecule has 1 unspecified atom stereocenters. The van der Waals surface area contributed by atoms with Crippen LogP contribution in [0.3, 0.4) is 0 Å². The molecule has 0 fully saturated rings. The monoisotopic (exact) mass is 434 g/mol. The lowest BCUT2D eigenvalue weighted by molar-refractivity contribution is -0.119. The lowest BCUT2D eigenvalue weighted by Gasteiger charge is -2.13. The summed E-state index contributed by atoms with van der Waals surface area (Å²) in [6, 6.07) is 6.92. The fourth-order valence-corrected chi connectivity index (χ4v) is 3.65. The van der Waals surface area contributed by atoms with Crippen molar-refractivity contribution in [2.75, 3.05) is 10.0 Å². The number of hydrogen-bond donors (Lipinski definition) is 2. The van der Waals surface area contributed by atoms with Gasteiger partial charge < -0.3 is 5.32 Å². The van der Waals surface area contributed by atoms with E-state index in [0.29, 0.717) is 22.1 Å². The Bertz CT molecular complexity index is 1120. The van der Waals surface area contributed by atoms with Gasteiger partial charge in [-0.1, -0.05) is 11.6 Å². The maximum atomic E-state index is 12.6. The molecule has 1 atom stereocenters. The van der Waals surface area contributed by atoms with Crippen molar-refractivity contribution >= 4 is 39.2 Å². The summed E-state index contributed by atoms with van der Waals surface area (Å²) in [6.07, 6.45) is 2.99. The average Bonchev–Trinajstić information content (AvgIpc) is 3.06. The number of aromatic nitrogens is 4.